The monoisotopic (exact) mass is 215 g/mol. The zero-order valence-electron chi connectivity index (χ0n) is 8.82. The third-order valence-corrected chi connectivity index (χ3v) is 3.12. The fourth-order valence-corrected chi connectivity index (χ4v) is 2.07. The zero-order chi connectivity index (χ0) is 11.5. The average molecular weight is 215 g/mol. The molecular weight excluding hydrogens is 198 g/mol. The molecule has 0 bridgehead atoms. The molecule has 3 N–H and O–H groups in total. The van der Waals surface area contributed by atoms with Gasteiger partial charge >= 0.3 is 11.9 Å². The van der Waals surface area contributed by atoms with Crippen molar-refractivity contribution in [3.63, 3.8) is 0 Å². The van der Waals surface area contributed by atoms with Crippen molar-refractivity contribution in [2.45, 2.75) is 50.6 Å². The molecule has 0 spiro atoms. The summed E-state index contributed by atoms with van der Waals surface area (Å²) < 4.78 is 0. The molecule has 0 amide bonds. The van der Waals surface area contributed by atoms with Crippen LogP contribution in [0.3, 0.4) is 0 Å². The first-order chi connectivity index (χ1) is 7.00. The highest BCUT2D eigenvalue weighted by atomic mass is 16.4. The van der Waals surface area contributed by atoms with E-state index in [1.54, 1.807) is 0 Å². The number of rotatable bonds is 5. The van der Waals surface area contributed by atoms with Gasteiger partial charge < -0.3 is 10.2 Å². The molecule has 86 valence electrons. The lowest BCUT2D eigenvalue weighted by Crippen LogP contribution is -2.49. The van der Waals surface area contributed by atoms with Crippen LogP contribution in [0.15, 0.2) is 0 Å². The second-order valence-corrected chi connectivity index (χ2v) is 4.05. The molecule has 0 aromatic rings. The van der Waals surface area contributed by atoms with E-state index in [9.17, 15) is 9.59 Å². The summed E-state index contributed by atoms with van der Waals surface area (Å²) in [5.41, 5.74) is -0.830. The predicted molar refractivity (Wildman–Crippen MR) is 53.7 cm³/mol. The maximum atomic E-state index is 11.1. The molecular formula is C10H17NO4. The van der Waals surface area contributed by atoms with E-state index < -0.39 is 17.5 Å². The minimum atomic E-state index is -0.832. The largest absolute Gasteiger partial charge is 0.481 e. The maximum Gasteiger partial charge on any atom is 0.323 e. The fraction of sp³-hybridized carbons (Fsp3) is 0.800. The fourth-order valence-electron chi connectivity index (χ4n) is 2.07. The Morgan fingerprint density at radius 3 is 2.53 bits per heavy atom. The number of carbonyl (C=O) groups is 2. The van der Waals surface area contributed by atoms with Crippen LogP contribution < -0.4 is 5.32 Å². The third-order valence-electron chi connectivity index (χ3n) is 3.12. The Morgan fingerprint density at radius 1 is 1.47 bits per heavy atom. The maximum absolute atomic E-state index is 11.1. The van der Waals surface area contributed by atoms with E-state index in [-0.39, 0.29) is 12.5 Å². The number of hydrogen-bond acceptors (Lipinski definition) is 3. The van der Waals surface area contributed by atoms with Gasteiger partial charge in [0.25, 0.3) is 0 Å². The van der Waals surface area contributed by atoms with Gasteiger partial charge in [-0.25, -0.2) is 0 Å². The molecule has 2 atom stereocenters. The van der Waals surface area contributed by atoms with E-state index in [1.165, 1.54) is 0 Å². The van der Waals surface area contributed by atoms with Gasteiger partial charge in [-0.05, 0) is 25.7 Å². The van der Waals surface area contributed by atoms with Crippen LogP contribution in [-0.4, -0.2) is 33.7 Å². The molecule has 0 aliphatic carbocycles. The molecule has 0 aromatic carbocycles. The van der Waals surface area contributed by atoms with Gasteiger partial charge in [0.2, 0.25) is 0 Å². The van der Waals surface area contributed by atoms with Crippen molar-refractivity contribution in [2.75, 3.05) is 0 Å². The van der Waals surface area contributed by atoms with Gasteiger partial charge in [-0.1, -0.05) is 6.92 Å². The lowest BCUT2D eigenvalue weighted by atomic mass is 9.95. The van der Waals surface area contributed by atoms with Crippen molar-refractivity contribution in [2.24, 2.45) is 0 Å². The first kappa shape index (κ1) is 12.0. The van der Waals surface area contributed by atoms with Gasteiger partial charge in [-0.2, -0.15) is 0 Å². The van der Waals surface area contributed by atoms with Crippen molar-refractivity contribution >= 4 is 11.9 Å². The summed E-state index contributed by atoms with van der Waals surface area (Å²) in [5.74, 6) is -1.66. The molecule has 1 fully saturated rings. The van der Waals surface area contributed by atoms with E-state index in [2.05, 4.69) is 5.32 Å². The van der Waals surface area contributed by atoms with Crippen molar-refractivity contribution in [3.05, 3.63) is 0 Å². The van der Waals surface area contributed by atoms with Gasteiger partial charge in [0.1, 0.15) is 5.54 Å². The minimum absolute atomic E-state index is 0.0251. The van der Waals surface area contributed by atoms with Crippen LogP contribution in [0.4, 0.5) is 0 Å². The minimum Gasteiger partial charge on any atom is -0.481 e. The highest BCUT2D eigenvalue weighted by Gasteiger charge is 2.43. The third kappa shape index (κ3) is 2.68. The van der Waals surface area contributed by atoms with Crippen molar-refractivity contribution in [3.8, 4) is 0 Å². The highest BCUT2D eigenvalue weighted by Crippen LogP contribution is 2.28. The summed E-state index contributed by atoms with van der Waals surface area (Å²) in [5, 5.41) is 20.7. The molecule has 1 aliphatic rings. The molecule has 5 heteroatoms. The van der Waals surface area contributed by atoms with Crippen molar-refractivity contribution in [1.82, 2.24) is 5.32 Å². The molecule has 1 saturated heterocycles. The van der Waals surface area contributed by atoms with Gasteiger partial charge in [-0.3, -0.25) is 14.9 Å². The van der Waals surface area contributed by atoms with E-state index in [4.69, 9.17) is 10.2 Å². The molecule has 1 aliphatic heterocycles. The quantitative estimate of drug-likeness (QED) is 0.632. The summed E-state index contributed by atoms with van der Waals surface area (Å²) >= 11 is 0. The lowest BCUT2D eigenvalue weighted by Gasteiger charge is -2.24. The van der Waals surface area contributed by atoms with Gasteiger partial charge in [-0.15, -0.1) is 0 Å². The molecule has 0 aromatic heterocycles. The van der Waals surface area contributed by atoms with E-state index in [1.807, 2.05) is 6.92 Å². The van der Waals surface area contributed by atoms with Gasteiger partial charge in [0.05, 0.1) is 0 Å². The van der Waals surface area contributed by atoms with E-state index >= 15 is 0 Å². The SMILES string of the molecule is CC[C@]1(C(=O)O)CC[C@H](CCC(=O)O)N1. The number of carboxylic acid groups (broad SMARTS) is 2. The Bertz CT molecular complexity index is 266. The topological polar surface area (TPSA) is 86.6 Å². The molecule has 1 rings (SSSR count). The van der Waals surface area contributed by atoms with Gasteiger partial charge in [0, 0.05) is 12.5 Å². The Morgan fingerprint density at radius 2 is 2.13 bits per heavy atom. The molecule has 5 nitrogen and oxygen atoms in total. The summed E-state index contributed by atoms with van der Waals surface area (Å²) in [6, 6.07) is 0.0251. The Hall–Kier alpha value is -1.10. The second kappa shape index (κ2) is 4.61. The second-order valence-electron chi connectivity index (χ2n) is 4.05. The lowest BCUT2D eigenvalue weighted by molar-refractivity contribution is -0.144. The van der Waals surface area contributed by atoms with Crippen LogP contribution in [0.1, 0.15) is 39.0 Å². The number of carboxylic acids is 2. The average Bonchev–Trinajstić information content (AvgIpc) is 2.59. The Kier molecular flexibility index (Phi) is 3.68. The van der Waals surface area contributed by atoms with Crippen LogP contribution in [0.25, 0.3) is 0 Å². The van der Waals surface area contributed by atoms with Crippen molar-refractivity contribution < 1.29 is 19.8 Å². The van der Waals surface area contributed by atoms with Crippen LogP contribution in [0, 0.1) is 0 Å². The molecule has 15 heavy (non-hydrogen) atoms. The summed E-state index contributed by atoms with van der Waals surface area (Å²) in [7, 11) is 0. The van der Waals surface area contributed by atoms with Crippen molar-refractivity contribution in [1.29, 1.82) is 0 Å². The first-order valence-corrected chi connectivity index (χ1v) is 5.23. The molecule has 1 heterocycles. The summed E-state index contributed by atoms with van der Waals surface area (Å²) in [6.07, 6.45) is 2.46. The highest BCUT2D eigenvalue weighted by molar-refractivity contribution is 5.79. The smallest absolute Gasteiger partial charge is 0.323 e. The van der Waals surface area contributed by atoms with Crippen LogP contribution >= 0.6 is 0 Å². The van der Waals surface area contributed by atoms with E-state index in [0.29, 0.717) is 19.3 Å². The van der Waals surface area contributed by atoms with Crippen LogP contribution in [0.2, 0.25) is 0 Å². The normalized spacial score (nSPS) is 30.3. The summed E-state index contributed by atoms with van der Waals surface area (Å²) in [6.45, 7) is 1.83. The molecule has 0 saturated carbocycles. The Balaban J connectivity index is 2.50. The van der Waals surface area contributed by atoms with Crippen LogP contribution in [0.5, 0.6) is 0 Å². The van der Waals surface area contributed by atoms with Crippen LogP contribution in [-0.2, 0) is 9.59 Å². The van der Waals surface area contributed by atoms with Gasteiger partial charge in [0.15, 0.2) is 0 Å². The Labute approximate surface area is 88.5 Å². The number of hydrogen-bond donors (Lipinski definition) is 3. The zero-order valence-corrected chi connectivity index (χ0v) is 8.82. The molecule has 0 unspecified atom stereocenters. The predicted octanol–water partition coefficient (Wildman–Crippen LogP) is 0.837. The molecule has 0 radical (unpaired) electrons. The number of aliphatic carboxylic acids is 2. The first-order valence-electron chi connectivity index (χ1n) is 5.23. The summed E-state index contributed by atoms with van der Waals surface area (Å²) in [4.78, 5) is 21.4. The standard InChI is InChI=1S/C10H17NO4/c1-2-10(9(14)15)6-5-7(11-10)3-4-8(12)13/h7,11H,2-6H2,1H3,(H,12,13)(H,14,15)/t7-,10+/m0/s1. The number of nitrogens with one attached hydrogen (secondary N) is 1. The van der Waals surface area contributed by atoms with E-state index in [0.717, 1.165) is 6.42 Å².